The molecule has 1 aliphatic heterocycles. The van der Waals surface area contributed by atoms with E-state index in [1.54, 1.807) is 6.07 Å². The van der Waals surface area contributed by atoms with Crippen LogP contribution in [0.4, 0.5) is 0 Å². The molecule has 6 heteroatoms. The van der Waals surface area contributed by atoms with Gasteiger partial charge in [0.25, 0.3) is 0 Å². The van der Waals surface area contributed by atoms with Crippen molar-refractivity contribution in [1.82, 2.24) is 9.21 Å². The summed E-state index contributed by atoms with van der Waals surface area (Å²) in [7, 11) is -3.47. The van der Waals surface area contributed by atoms with Gasteiger partial charge in [0.2, 0.25) is 15.9 Å². The first-order valence-corrected chi connectivity index (χ1v) is 11.3. The highest BCUT2D eigenvalue weighted by Crippen LogP contribution is 2.27. The Hall–Kier alpha value is -1.40. The average molecular weight is 379 g/mol. The van der Waals surface area contributed by atoms with Crippen LogP contribution in [0.25, 0.3) is 0 Å². The minimum Gasteiger partial charge on any atom is -0.340 e. The Morgan fingerprint density at radius 2 is 1.81 bits per heavy atom. The lowest BCUT2D eigenvalue weighted by Gasteiger charge is -2.34. The van der Waals surface area contributed by atoms with Gasteiger partial charge in [0, 0.05) is 32.6 Å². The molecule has 1 aliphatic carbocycles. The molecule has 1 unspecified atom stereocenters. The maximum absolute atomic E-state index is 12.9. The monoisotopic (exact) mass is 378 g/mol. The topological polar surface area (TPSA) is 57.7 Å². The van der Waals surface area contributed by atoms with Crippen LogP contribution in [0.15, 0.2) is 23.1 Å². The lowest BCUT2D eigenvalue weighted by molar-refractivity contribution is -0.133. The van der Waals surface area contributed by atoms with Crippen LogP contribution in [-0.4, -0.2) is 49.7 Å². The number of fused-ring (bicyclic) bond motifs is 1. The number of rotatable bonds is 6. The minimum absolute atomic E-state index is 0.153. The molecule has 0 radical (unpaired) electrons. The Morgan fingerprint density at radius 3 is 2.50 bits per heavy atom. The van der Waals surface area contributed by atoms with Crippen molar-refractivity contribution in [3.63, 3.8) is 0 Å². The smallest absolute Gasteiger partial charge is 0.243 e. The molecular formula is C20H30N2O3S. The molecule has 144 valence electrons. The zero-order valence-corrected chi connectivity index (χ0v) is 16.7. The van der Waals surface area contributed by atoms with E-state index in [9.17, 15) is 13.2 Å². The fraction of sp³-hybridized carbons (Fsp3) is 0.650. The van der Waals surface area contributed by atoms with Gasteiger partial charge >= 0.3 is 0 Å². The fourth-order valence-corrected chi connectivity index (χ4v) is 5.53. The molecule has 1 saturated heterocycles. The Labute approximate surface area is 157 Å². The lowest BCUT2D eigenvalue weighted by atomic mass is 10.0. The van der Waals surface area contributed by atoms with Crippen LogP contribution in [0.2, 0.25) is 0 Å². The van der Waals surface area contributed by atoms with Crippen LogP contribution in [0, 0.1) is 5.92 Å². The molecule has 1 heterocycles. The van der Waals surface area contributed by atoms with Crippen LogP contribution < -0.4 is 0 Å². The number of amides is 1. The third-order valence-corrected chi connectivity index (χ3v) is 7.50. The molecule has 0 N–H and O–H groups in total. The third-order valence-electron chi connectivity index (χ3n) is 5.60. The summed E-state index contributed by atoms with van der Waals surface area (Å²) in [5.41, 5.74) is 2.45. The zero-order valence-electron chi connectivity index (χ0n) is 15.9. The highest BCUT2D eigenvalue weighted by atomic mass is 32.2. The molecule has 0 saturated carbocycles. The summed E-state index contributed by atoms with van der Waals surface area (Å²) in [6, 6.07) is 5.55. The van der Waals surface area contributed by atoms with Crippen molar-refractivity contribution in [2.45, 2.75) is 57.3 Å². The third kappa shape index (κ3) is 4.12. The summed E-state index contributed by atoms with van der Waals surface area (Å²) < 4.78 is 27.4. The highest BCUT2D eigenvalue weighted by molar-refractivity contribution is 7.89. The van der Waals surface area contributed by atoms with Crippen molar-refractivity contribution in [3.8, 4) is 0 Å². The van der Waals surface area contributed by atoms with Gasteiger partial charge in [0.15, 0.2) is 0 Å². The minimum atomic E-state index is -3.47. The lowest BCUT2D eigenvalue weighted by Crippen LogP contribution is -2.50. The van der Waals surface area contributed by atoms with E-state index in [4.69, 9.17) is 0 Å². The molecule has 26 heavy (non-hydrogen) atoms. The molecular weight excluding hydrogens is 348 g/mol. The summed E-state index contributed by atoms with van der Waals surface area (Å²) in [5, 5.41) is 0. The van der Waals surface area contributed by atoms with Crippen molar-refractivity contribution in [1.29, 1.82) is 0 Å². The Morgan fingerprint density at radius 1 is 1.12 bits per heavy atom. The van der Waals surface area contributed by atoms with Crippen molar-refractivity contribution in [2.24, 2.45) is 5.92 Å². The number of benzene rings is 1. The number of carbonyl (C=O) groups is 1. The largest absolute Gasteiger partial charge is 0.340 e. The Bertz CT molecular complexity index is 752. The summed E-state index contributed by atoms with van der Waals surface area (Å²) in [5.74, 6) is 0.543. The van der Waals surface area contributed by atoms with Crippen molar-refractivity contribution in [2.75, 3.05) is 26.2 Å². The number of carbonyl (C=O) groups excluding carboxylic acids is 1. The van der Waals surface area contributed by atoms with Gasteiger partial charge in [-0.25, -0.2) is 8.42 Å². The van der Waals surface area contributed by atoms with Gasteiger partial charge in [-0.1, -0.05) is 32.8 Å². The molecule has 1 aromatic carbocycles. The predicted molar refractivity (Wildman–Crippen MR) is 102 cm³/mol. The second-order valence-corrected chi connectivity index (χ2v) is 9.60. The number of sulfonamides is 1. The summed E-state index contributed by atoms with van der Waals surface area (Å²) in [6.45, 7) is 5.98. The van der Waals surface area contributed by atoms with Crippen LogP contribution in [0.5, 0.6) is 0 Å². The maximum atomic E-state index is 12.9. The first kappa shape index (κ1) is 19.4. The number of nitrogens with zero attached hydrogens (tertiary/aromatic N) is 2. The van der Waals surface area contributed by atoms with Crippen LogP contribution in [-0.2, 0) is 27.7 Å². The molecule has 0 bridgehead atoms. The summed E-state index contributed by atoms with van der Waals surface area (Å²) in [6.07, 6.45) is 5.82. The molecule has 2 aliphatic rings. The van der Waals surface area contributed by atoms with Gasteiger partial charge in [-0.15, -0.1) is 0 Å². The van der Waals surface area contributed by atoms with E-state index in [0.29, 0.717) is 43.4 Å². The van der Waals surface area contributed by atoms with Crippen LogP contribution in [0.1, 0.15) is 50.7 Å². The first-order valence-electron chi connectivity index (χ1n) is 9.81. The van der Waals surface area contributed by atoms with E-state index in [1.807, 2.05) is 17.0 Å². The van der Waals surface area contributed by atoms with E-state index in [2.05, 4.69) is 13.8 Å². The second kappa shape index (κ2) is 8.09. The molecule has 0 aromatic heterocycles. The van der Waals surface area contributed by atoms with Gasteiger partial charge in [-0.05, 0) is 48.4 Å². The van der Waals surface area contributed by atoms with Gasteiger partial charge < -0.3 is 4.90 Å². The molecule has 1 fully saturated rings. The van der Waals surface area contributed by atoms with E-state index in [0.717, 1.165) is 32.1 Å². The molecule has 1 amide bonds. The summed E-state index contributed by atoms with van der Waals surface area (Å²) >= 11 is 0. The normalized spacial score (nSPS) is 19.4. The van der Waals surface area contributed by atoms with E-state index in [1.165, 1.54) is 15.4 Å². The second-order valence-electron chi connectivity index (χ2n) is 7.67. The van der Waals surface area contributed by atoms with Gasteiger partial charge in [-0.3, -0.25) is 4.79 Å². The molecule has 0 spiro atoms. The van der Waals surface area contributed by atoms with Gasteiger partial charge in [-0.2, -0.15) is 4.31 Å². The number of hydrogen-bond donors (Lipinski definition) is 0. The molecule has 1 atom stereocenters. The predicted octanol–water partition coefficient (Wildman–Crippen LogP) is 2.83. The maximum Gasteiger partial charge on any atom is 0.243 e. The van der Waals surface area contributed by atoms with E-state index < -0.39 is 10.0 Å². The van der Waals surface area contributed by atoms with Crippen molar-refractivity contribution >= 4 is 15.9 Å². The molecule has 5 nitrogen and oxygen atoms in total. The fourth-order valence-electron chi connectivity index (χ4n) is 4.06. The molecule has 3 rings (SSSR count). The van der Waals surface area contributed by atoms with E-state index in [-0.39, 0.29) is 5.91 Å². The van der Waals surface area contributed by atoms with Crippen LogP contribution >= 0.6 is 0 Å². The van der Waals surface area contributed by atoms with Gasteiger partial charge in [0.05, 0.1) is 4.90 Å². The standard InChI is InChI=1S/C20H30N2O3S/c1-3-5-16(2)14-20(23)21-10-12-22(13-11-21)26(24,25)19-9-8-17-6-4-7-18(17)15-19/h8-9,15-16H,3-7,10-14H2,1-2H3. The Balaban J connectivity index is 1.61. The highest BCUT2D eigenvalue weighted by Gasteiger charge is 2.31. The van der Waals surface area contributed by atoms with Crippen molar-refractivity contribution < 1.29 is 13.2 Å². The first-order chi connectivity index (χ1) is 12.4. The van der Waals surface area contributed by atoms with Crippen molar-refractivity contribution in [3.05, 3.63) is 29.3 Å². The quantitative estimate of drug-likeness (QED) is 0.765. The number of piperazine rings is 1. The van der Waals surface area contributed by atoms with Crippen LogP contribution in [0.3, 0.4) is 0 Å². The zero-order chi connectivity index (χ0) is 18.7. The van der Waals surface area contributed by atoms with E-state index >= 15 is 0 Å². The summed E-state index contributed by atoms with van der Waals surface area (Å²) in [4.78, 5) is 14.6. The molecule has 1 aromatic rings. The average Bonchev–Trinajstić information content (AvgIpc) is 3.09. The number of aryl methyl sites for hydroxylation is 2. The Kier molecular flexibility index (Phi) is 6.03. The SMILES string of the molecule is CCCC(C)CC(=O)N1CCN(S(=O)(=O)c2ccc3c(c2)CCC3)CC1. The number of hydrogen-bond acceptors (Lipinski definition) is 3. The van der Waals surface area contributed by atoms with Gasteiger partial charge in [0.1, 0.15) is 0 Å².